The molecule has 0 fully saturated rings. The van der Waals surface area contributed by atoms with Gasteiger partial charge in [0.25, 0.3) is 5.56 Å². The van der Waals surface area contributed by atoms with Crippen LogP contribution < -0.4 is 16.6 Å². The number of hydrogen-bond acceptors (Lipinski definition) is 4. The van der Waals surface area contributed by atoms with Crippen LogP contribution in [0.25, 0.3) is 0 Å². The van der Waals surface area contributed by atoms with Gasteiger partial charge in [0.2, 0.25) is 11.9 Å². The minimum atomic E-state index is -0.369. The van der Waals surface area contributed by atoms with Gasteiger partial charge in [0.1, 0.15) is 5.69 Å². The van der Waals surface area contributed by atoms with Crippen LogP contribution in [-0.2, 0) is 11.8 Å². The minimum absolute atomic E-state index is 0.0574. The summed E-state index contributed by atoms with van der Waals surface area (Å²) < 4.78 is 1.20. The number of nitrogens with two attached hydrogens (primary N) is 1. The lowest BCUT2D eigenvalue weighted by atomic mass is 10.4. The van der Waals surface area contributed by atoms with E-state index in [2.05, 4.69) is 10.3 Å². The normalized spacial score (nSPS) is 9.86. The van der Waals surface area contributed by atoms with Crippen LogP contribution in [0.4, 0.5) is 11.6 Å². The fourth-order valence-corrected chi connectivity index (χ4v) is 0.892. The number of carbonyl (C=O) groups is 1. The Kier molecular flexibility index (Phi) is 2.85. The number of nitrogen functional groups attached to an aromatic ring is 1. The second-order valence-corrected chi connectivity index (χ2v) is 2.80. The first-order valence-electron chi connectivity index (χ1n) is 4.17. The Hall–Kier alpha value is -1.85. The van der Waals surface area contributed by atoms with Crippen molar-refractivity contribution in [3.63, 3.8) is 0 Å². The lowest BCUT2D eigenvalue weighted by Crippen LogP contribution is -2.26. The van der Waals surface area contributed by atoms with E-state index >= 15 is 0 Å². The number of anilines is 2. The summed E-state index contributed by atoms with van der Waals surface area (Å²) in [5.41, 5.74) is 5.03. The van der Waals surface area contributed by atoms with E-state index in [1.54, 1.807) is 6.92 Å². The van der Waals surface area contributed by atoms with Crippen LogP contribution in [0.3, 0.4) is 0 Å². The molecule has 0 atom stereocenters. The molecule has 0 unspecified atom stereocenters. The summed E-state index contributed by atoms with van der Waals surface area (Å²) in [6.07, 6.45) is 1.56. The molecule has 76 valence electrons. The zero-order chi connectivity index (χ0) is 10.7. The van der Waals surface area contributed by atoms with E-state index in [1.807, 2.05) is 0 Å². The second kappa shape index (κ2) is 3.91. The summed E-state index contributed by atoms with van der Waals surface area (Å²) in [5.74, 6) is 0.00771. The van der Waals surface area contributed by atoms with Crippen LogP contribution >= 0.6 is 0 Å². The monoisotopic (exact) mass is 196 g/mol. The molecule has 1 heterocycles. The van der Waals surface area contributed by atoms with Crippen LogP contribution in [0.5, 0.6) is 0 Å². The molecule has 0 aliphatic rings. The zero-order valence-electron chi connectivity index (χ0n) is 8.07. The van der Waals surface area contributed by atoms with E-state index in [1.165, 1.54) is 17.8 Å². The summed E-state index contributed by atoms with van der Waals surface area (Å²) >= 11 is 0. The maximum Gasteiger partial charge on any atom is 0.277 e. The van der Waals surface area contributed by atoms with Crippen LogP contribution in [-0.4, -0.2) is 15.5 Å². The van der Waals surface area contributed by atoms with Crippen molar-refractivity contribution in [2.75, 3.05) is 11.1 Å². The average Bonchev–Trinajstić information content (AvgIpc) is 2.19. The van der Waals surface area contributed by atoms with Gasteiger partial charge in [-0.05, 0) is 0 Å². The minimum Gasteiger partial charge on any atom is -0.393 e. The maximum atomic E-state index is 11.3. The van der Waals surface area contributed by atoms with E-state index in [0.29, 0.717) is 6.42 Å². The van der Waals surface area contributed by atoms with Gasteiger partial charge in [0.05, 0.1) is 6.20 Å². The highest BCUT2D eigenvalue weighted by atomic mass is 16.2. The van der Waals surface area contributed by atoms with Gasteiger partial charge >= 0.3 is 0 Å². The second-order valence-electron chi connectivity index (χ2n) is 2.80. The number of rotatable bonds is 2. The first-order valence-corrected chi connectivity index (χ1v) is 4.17. The molecule has 0 spiro atoms. The van der Waals surface area contributed by atoms with Gasteiger partial charge in [-0.1, -0.05) is 6.92 Å². The Morgan fingerprint density at radius 3 is 2.93 bits per heavy atom. The first kappa shape index (κ1) is 10.2. The van der Waals surface area contributed by atoms with Crippen molar-refractivity contribution in [1.82, 2.24) is 9.55 Å². The van der Waals surface area contributed by atoms with Crippen molar-refractivity contribution >= 4 is 17.5 Å². The molecule has 0 aliphatic carbocycles. The topological polar surface area (TPSA) is 90.0 Å². The largest absolute Gasteiger partial charge is 0.393 e. The van der Waals surface area contributed by atoms with Crippen molar-refractivity contribution in [2.24, 2.45) is 7.05 Å². The van der Waals surface area contributed by atoms with Gasteiger partial charge in [-0.25, -0.2) is 4.98 Å². The van der Waals surface area contributed by atoms with Crippen molar-refractivity contribution in [1.29, 1.82) is 0 Å². The molecule has 0 bridgehead atoms. The molecule has 0 aliphatic heterocycles. The maximum absolute atomic E-state index is 11.3. The molecule has 14 heavy (non-hydrogen) atoms. The Bertz CT molecular complexity index is 410. The van der Waals surface area contributed by atoms with Crippen LogP contribution in [0.1, 0.15) is 13.3 Å². The SMILES string of the molecule is CCC(=O)Nc1ncc(N)c(=O)n1C. The van der Waals surface area contributed by atoms with E-state index in [0.717, 1.165) is 0 Å². The predicted molar refractivity (Wildman–Crippen MR) is 52.8 cm³/mol. The number of nitrogens with one attached hydrogen (secondary N) is 1. The number of hydrogen-bond donors (Lipinski definition) is 2. The van der Waals surface area contributed by atoms with Crippen molar-refractivity contribution in [3.05, 3.63) is 16.6 Å². The average molecular weight is 196 g/mol. The molecule has 0 saturated carbocycles. The molecule has 1 aromatic heterocycles. The Morgan fingerprint density at radius 2 is 2.36 bits per heavy atom. The van der Waals surface area contributed by atoms with Crippen LogP contribution in [0.15, 0.2) is 11.0 Å². The highest BCUT2D eigenvalue weighted by Gasteiger charge is 2.06. The van der Waals surface area contributed by atoms with Crippen LogP contribution in [0.2, 0.25) is 0 Å². The highest BCUT2D eigenvalue weighted by molar-refractivity contribution is 5.88. The standard InChI is InChI=1S/C8H12N4O2/c1-3-6(13)11-8-10-4-5(9)7(14)12(8)2/h4H,3,9H2,1-2H3,(H,10,11,13). The summed E-state index contributed by atoms with van der Waals surface area (Å²) in [4.78, 5) is 26.2. The molecular weight excluding hydrogens is 184 g/mol. The third kappa shape index (κ3) is 1.90. The molecule has 0 saturated heterocycles. The molecule has 1 aromatic rings. The Morgan fingerprint density at radius 1 is 1.71 bits per heavy atom. The van der Waals surface area contributed by atoms with Gasteiger partial charge in [0, 0.05) is 13.5 Å². The number of nitrogens with zero attached hydrogens (tertiary/aromatic N) is 2. The van der Waals surface area contributed by atoms with Gasteiger partial charge in [-0.15, -0.1) is 0 Å². The van der Waals surface area contributed by atoms with Gasteiger partial charge in [-0.2, -0.15) is 0 Å². The molecular formula is C8H12N4O2. The van der Waals surface area contributed by atoms with E-state index < -0.39 is 0 Å². The van der Waals surface area contributed by atoms with Gasteiger partial charge in [0.15, 0.2) is 0 Å². The Labute approximate surface area is 80.8 Å². The lowest BCUT2D eigenvalue weighted by molar-refractivity contribution is -0.115. The third-order valence-electron chi connectivity index (χ3n) is 1.77. The van der Waals surface area contributed by atoms with Crippen LogP contribution in [0, 0.1) is 0 Å². The fraction of sp³-hybridized carbons (Fsp3) is 0.375. The fourth-order valence-electron chi connectivity index (χ4n) is 0.892. The molecule has 6 nitrogen and oxygen atoms in total. The molecule has 3 N–H and O–H groups in total. The van der Waals surface area contributed by atoms with Gasteiger partial charge < -0.3 is 5.73 Å². The van der Waals surface area contributed by atoms with Gasteiger partial charge in [-0.3, -0.25) is 19.5 Å². The van der Waals surface area contributed by atoms with E-state index in [9.17, 15) is 9.59 Å². The van der Waals surface area contributed by atoms with E-state index in [4.69, 9.17) is 5.73 Å². The summed E-state index contributed by atoms with van der Waals surface area (Å²) in [6, 6.07) is 0. The number of aromatic nitrogens is 2. The van der Waals surface area contributed by atoms with E-state index in [-0.39, 0.29) is 23.1 Å². The summed E-state index contributed by atoms with van der Waals surface area (Å²) in [7, 11) is 1.50. The molecule has 0 aromatic carbocycles. The highest BCUT2D eigenvalue weighted by Crippen LogP contribution is 2.00. The molecule has 1 amide bonds. The van der Waals surface area contributed by atoms with Crippen molar-refractivity contribution in [2.45, 2.75) is 13.3 Å². The van der Waals surface area contributed by atoms with Crippen molar-refractivity contribution in [3.8, 4) is 0 Å². The lowest BCUT2D eigenvalue weighted by Gasteiger charge is -2.07. The number of amides is 1. The Balaban J connectivity index is 3.06. The first-order chi connectivity index (χ1) is 6.56. The quantitative estimate of drug-likeness (QED) is 0.680. The summed E-state index contributed by atoms with van der Waals surface area (Å²) in [5, 5.41) is 2.49. The number of carbonyl (C=O) groups excluding carboxylic acids is 1. The summed E-state index contributed by atoms with van der Waals surface area (Å²) in [6.45, 7) is 1.71. The zero-order valence-corrected chi connectivity index (χ0v) is 8.07. The predicted octanol–water partition coefficient (Wildman–Crippen LogP) is -0.289. The molecule has 1 rings (SSSR count). The third-order valence-corrected chi connectivity index (χ3v) is 1.77. The molecule has 6 heteroatoms. The van der Waals surface area contributed by atoms with Crippen molar-refractivity contribution < 1.29 is 4.79 Å². The smallest absolute Gasteiger partial charge is 0.277 e. The molecule has 0 radical (unpaired) electrons.